The van der Waals surface area contributed by atoms with Gasteiger partial charge in [0.25, 0.3) is 0 Å². The summed E-state index contributed by atoms with van der Waals surface area (Å²) >= 11 is 6.07. The summed E-state index contributed by atoms with van der Waals surface area (Å²) < 4.78 is 5.32. The van der Waals surface area contributed by atoms with E-state index in [9.17, 15) is 9.90 Å². The highest BCUT2D eigenvalue weighted by Crippen LogP contribution is 2.45. The van der Waals surface area contributed by atoms with Gasteiger partial charge in [-0.05, 0) is 59.9 Å². The fraction of sp³-hybridized carbons (Fsp3) is 0.192. The number of benzene rings is 3. The number of para-hydroxylation sites is 2. The van der Waals surface area contributed by atoms with Gasteiger partial charge in [0, 0.05) is 22.7 Å². The molecule has 0 fully saturated rings. The average Bonchev–Trinajstić information content (AvgIpc) is 2.97. The minimum absolute atomic E-state index is 0.0652. The van der Waals surface area contributed by atoms with Gasteiger partial charge in [-0.2, -0.15) is 0 Å². The molecule has 0 aromatic heterocycles. The van der Waals surface area contributed by atoms with Crippen LogP contribution in [0.3, 0.4) is 0 Å². The lowest BCUT2D eigenvalue weighted by atomic mass is 9.78. The van der Waals surface area contributed by atoms with Crippen LogP contribution in [0.1, 0.15) is 35.9 Å². The molecule has 1 heterocycles. The van der Waals surface area contributed by atoms with Crippen molar-refractivity contribution in [3.8, 4) is 11.5 Å². The van der Waals surface area contributed by atoms with Gasteiger partial charge in [-0.15, -0.1) is 0 Å². The van der Waals surface area contributed by atoms with Crippen LogP contribution >= 0.6 is 11.6 Å². The maximum Gasteiger partial charge on any atom is 0.163 e. The van der Waals surface area contributed by atoms with E-state index in [2.05, 4.69) is 10.6 Å². The molecule has 2 aliphatic rings. The molecule has 0 bridgehead atoms. The van der Waals surface area contributed by atoms with E-state index in [-0.39, 0.29) is 23.5 Å². The highest BCUT2D eigenvalue weighted by atomic mass is 35.5. The summed E-state index contributed by atoms with van der Waals surface area (Å²) in [4.78, 5) is 13.5. The Hall–Kier alpha value is -3.44. The molecule has 1 aliphatic heterocycles. The predicted octanol–water partition coefficient (Wildman–Crippen LogP) is 6.03. The van der Waals surface area contributed by atoms with Crippen LogP contribution in [0.15, 0.2) is 78.0 Å². The predicted molar refractivity (Wildman–Crippen MR) is 127 cm³/mol. The number of Topliss-reactive ketones (excluding diaryl/α,β-unsaturated/α-hetero) is 1. The van der Waals surface area contributed by atoms with Crippen molar-refractivity contribution < 1.29 is 14.6 Å². The van der Waals surface area contributed by atoms with E-state index < -0.39 is 0 Å². The first-order chi connectivity index (χ1) is 15.5. The molecule has 5 rings (SSSR count). The van der Waals surface area contributed by atoms with Gasteiger partial charge >= 0.3 is 0 Å². The van der Waals surface area contributed by atoms with Crippen molar-refractivity contribution in [2.75, 3.05) is 17.7 Å². The minimum Gasteiger partial charge on any atom is -0.504 e. The zero-order valence-corrected chi connectivity index (χ0v) is 18.3. The third-order valence-electron chi connectivity index (χ3n) is 6.19. The number of hydrogen-bond acceptors (Lipinski definition) is 5. The Labute approximate surface area is 191 Å². The molecule has 32 heavy (non-hydrogen) atoms. The normalized spacial score (nSPS) is 19.9. The van der Waals surface area contributed by atoms with Crippen molar-refractivity contribution >= 4 is 28.8 Å². The topological polar surface area (TPSA) is 70.6 Å². The van der Waals surface area contributed by atoms with Crippen LogP contribution in [0, 0.1) is 0 Å². The number of carbonyl (C=O) groups is 1. The summed E-state index contributed by atoms with van der Waals surface area (Å²) in [6.07, 6.45) is 1.14. The SMILES string of the molecule is COc1cc(C2Nc3ccccc3NC3=C2C(=O)CC(c2ccc(Cl)cc2)C3)ccc1O. The number of allylic oxidation sites excluding steroid dienone is 1. The van der Waals surface area contributed by atoms with Gasteiger partial charge in [0.15, 0.2) is 17.3 Å². The number of halogens is 1. The number of methoxy groups -OCH3 is 1. The van der Waals surface area contributed by atoms with Crippen molar-refractivity contribution in [2.45, 2.75) is 24.8 Å². The Balaban J connectivity index is 1.61. The summed E-state index contributed by atoms with van der Waals surface area (Å²) in [5, 5.41) is 17.8. The molecular formula is C26H23ClN2O3. The summed E-state index contributed by atoms with van der Waals surface area (Å²) in [5.74, 6) is 0.608. The van der Waals surface area contributed by atoms with Gasteiger partial charge in [-0.1, -0.05) is 41.9 Å². The molecule has 2 unspecified atom stereocenters. The Morgan fingerprint density at radius 3 is 2.44 bits per heavy atom. The molecule has 0 saturated carbocycles. The van der Waals surface area contributed by atoms with E-state index in [1.54, 1.807) is 12.1 Å². The van der Waals surface area contributed by atoms with Gasteiger partial charge in [-0.25, -0.2) is 0 Å². The van der Waals surface area contributed by atoms with E-state index in [0.29, 0.717) is 23.6 Å². The largest absolute Gasteiger partial charge is 0.504 e. The second-order valence-electron chi connectivity index (χ2n) is 8.15. The molecule has 2 atom stereocenters. The molecule has 3 N–H and O–H groups in total. The number of carbonyl (C=O) groups excluding carboxylic acids is 1. The third kappa shape index (κ3) is 3.69. The second kappa shape index (κ2) is 8.24. The van der Waals surface area contributed by atoms with Crippen LogP contribution in [-0.2, 0) is 4.79 Å². The highest BCUT2D eigenvalue weighted by molar-refractivity contribution is 6.30. The van der Waals surface area contributed by atoms with E-state index in [1.807, 2.05) is 54.6 Å². The van der Waals surface area contributed by atoms with Crippen LogP contribution < -0.4 is 15.4 Å². The number of anilines is 2. The van der Waals surface area contributed by atoms with Crippen molar-refractivity contribution in [3.05, 3.63) is 94.1 Å². The molecule has 0 amide bonds. The summed E-state index contributed by atoms with van der Waals surface area (Å²) in [5.41, 5.74) is 5.43. The number of ether oxygens (including phenoxy) is 1. The molecular weight excluding hydrogens is 424 g/mol. The van der Waals surface area contributed by atoms with Crippen LogP contribution in [0.2, 0.25) is 5.02 Å². The van der Waals surface area contributed by atoms with Gasteiger partial charge < -0.3 is 20.5 Å². The molecule has 0 radical (unpaired) electrons. The number of hydrogen-bond donors (Lipinski definition) is 3. The van der Waals surface area contributed by atoms with Crippen molar-refractivity contribution in [1.82, 2.24) is 0 Å². The van der Waals surface area contributed by atoms with Gasteiger partial charge in [0.2, 0.25) is 0 Å². The molecule has 0 saturated heterocycles. The molecule has 162 valence electrons. The van der Waals surface area contributed by atoms with E-state index in [0.717, 1.165) is 33.8 Å². The van der Waals surface area contributed by atoms with Crippen LogP contribution in [0.5, 0.6) is 11.5 Å². The molecule has 6 heteroatoms. The Bertz CT molecular complexity index is 1220. The van der Waals surface area contributed by atoms with Crippen molar-refractivity contribution in [1.29, 1.82) is 0 Å². The summed E-state index contributed by atoms with van der Waals surface area (Å²) in [7, 11) is 1.52. The highest BCUT2D eigenvalue weighted by Gasteiger charge is 2.36. The summed E-state index contributed by atoms with van der Waals surface area (Å²) in [6.45, 7) is 0. The minimum atomic E-state index is -0.366. The summed E-state index contributed by atoms with van der Waals surface area (Å²) in [6, 6.07) is 20.5. The van der Waals surface area contributed by atoms with Crippen LogP contribution in [0.4, 0.5) is 11.4 Å². The lowest BCUT2D eigenvalue weighted by molar-refractivity contribution is -0.116. The Morgan fingerprint density at radius 1 is 0.969 bits per heavy atom. The van der Waals surface area contributed by atoms with E-state index in [1.165, 1.54) is 7.11 Å². The van der Waals surface area contributed by atoms with Crippen molar-refractivity contribution in [2.24, 2.45) is 0 Å². The number of fused-ring (bicyclic) bond motifs is 1. The molecule has 1 aliphatic carbocycles. The number of aromatic hydroxyl groups is 1. The fourth-order valence-corrected chi connectivity index (χ4v) is 4.71. The Morgan fingerprint density at radius 2 is 1.69 bits per heavy atom. The van der Waals surface area contributed by atoms with Gasteiger partial charge in [0.05, 0.1) is 24.5 Å². The molecule has 3 aromatic rings. The van der Waals surface area contributed by atoms with Gasteiger partial charge in [0.1, 0.15) is 0 Å². The van der Waals surface area contributed by atoms with E-state index >= 15 is 0 Å². The van der Waals surface area contributed by atoms with Gasteiger partial charge in [-0.3, -0.25) is 4.79 Å². The zero-order chi connectivity index (χ0) is 22.2. The number of nitrogens with one attached hydrogen (secondary N) is 2. The smallest absolute Gasteiger partial charge is 0.163 e. The standard InChI is InChI=1S/C26H23ClN2O3/c1-32-24-14-16(8-11-22(24)30)26-25-21(28-19-4-2-3-5-20(19)29-26)12-17(13-23(25)31)15-6-9-18(27)10-7-15/h2-11,14,17,26,28-30H,12-13H2,1H3. The molecule has 5 nitrogen and oxygen atoms in total. The number of phenolic OH excluding ortho intramolecular Hbond substituents is 1. The third-order valence-corrected chi connectivity index (χ3v) is 6.44. The van der Waals surface area contributed by atoms with Crippen molar-refractivity contribution in [3.63, 3.8) is 0 Å². The second-order valence-corrected chi connectivity index (χ2v) is 8.59. The molecule has 3 aromatic carbocycles. The average molecular weight is 447 g/mol. The quantitative estimate of drug-likeness (QED) is 0.458. The first kappa shape index (κ1) is 20.5. The van der Waals surface area contributed by atoms with Crippen LogP contribution in [0.25, 0.3) is 0 Å². The monoisotopic (exact) mass is 446 g/mol. The van der Waals surface area contributed by atoms with E-state index in [4.69, 9.17) is 16.3 Å². The maximum absolute atomic E-state index is 13.5. The maximum atomic E-state index is 13.5. The number of rotatable bonds is 3. The first-order valence-electron chi connectivity index (χ1n) is 10.5. The number of phenols is 1. The first-order valence-corrected chi connectivity index (χ1v) is 10.9. The fourth-order valence-electron chi connectivity index (χ4n) is 4.59. The number of ketones is 1. The lowest BCUT2D eigenvalue weighted by Crippen LogP contribution is -2.26. The Kier molecular flexibility index (Phi) is 5.27. The van der Waals surface area contributed by atoms with Crippen LogP contribution in [-0.4, -0.2) is 18.0 Å². The lowest BCUT2D eigenvalue weighted by Gasteiger charge is -2.30. The zero-order valence-electron chi connectivity index (χ0n) is 17.6. The molecule has 0 spiro atoms.